The van der Waals surface area contributed by atoms with Crippen LogP contribution in [-0.4, -0.2) is 13.7 Å². The number of hydrogen-bond donors (Lipinski definition) is 0. The van der Waals surface area contributed by atoms with Crippen molar-refractivity contribution < 1.29 is 8.42 Å². The van der Waals surface area contributed by atoms with E-state index in [9.17, 15) is 8.42 Å². The minimum absolute atomic E-state index is 0.371. The Labute approximate surface area is 111 Å². The zero-order valence-corrected chi connectivity index (χ0v) is 12.4. The fourth-order valence-electron chi connectivity index (χ4n) is 1.73. The summed E-state index contributed by atoms with van der Waals surface area (Å²) in [4.78, 5) is 0.416. The van der Waals surface area contributed by atoms with Gasteiger partial charge >= 0.3 is 0 Å². The van der Waals surface area contributed by atoms with E-state index in [0.717, 1.165) is 6.42 Å². The lowest BCUT2D eigenvalue weighted by molar-refractivity contribution is 0.587. The van der Waals surface area contributed by atoms with Gasteiger partial charge in [-0.15, -0.1) is 0 Å². The van der Waals surface area contributed by atoms with Crippen LogP contribution in [-0.2, 0) is 9.84 Å². The van der Waals surface area contributed by atoms with Crippen molar-refractivity contribution in [1.29, 1.82) is 0 Å². The first-order valence-corrected chi connectivity index (χ1v) is 7.89. The summed E-state index contributed by atoms with van der Waals surface area (Å²) in [6.45, 7) is 7.56. The summed E-state index contributed by atoms with van der Waals surface area (Å²) in [5, 5.41) is -0.371. The first kappa shape index (κ1) is 15.0. The normalized spacial score (nSPS) is 14.3. The van der Waals surface area contributed by atoms with Crippen LogP contribution in [0.4, 0.5) is 0 Å². The molecule has 2 nitrogen and oxygen atoms in total. The van der Waals surface area contributed by atoms with Crippen molar-refractivity contribution >= 4 is 9.84 Å². The molecule has 0 spiro atoms. The molecule has 0 bridgehead atoms. The summed E-state index contributed by atoms with van der Waals surface area (Å²) in [5.74, 6) is 0.414. The van der Waals surface area contributed by atoms with Crippen LogP contribution in [0.2, 0.25) is 0 Å². The predicted octanol–water partition coefficient (Wildman–Crippen LogP) is 3.94. The molecular weight excluding hydrogens is 244 g/mol. The summed E-state index contributed by atoms with van der Waals surface area (Å²) >= 11 is 0. The molecule has 1 unspecified atom stereocenters. The summed E-state index contributed by atoms with van der Waals surface area (Å²) in [6.07, 6.45) is 5.14. The summed E-state index contributed by atoms with van der Waals surface area (Å²) in [5.41, 5.74) is 1.18. The molecule has 3 heteroatoms. The molecule has 0 heterocycles. The van der Waals surface area contributed by atoms with E-state index < -0.39 is 9.84 Å². The van der Waals surface area contributed by atoms with E-state index >= 15 is 0 Å². The van der Waals surface area contributed by atoms with E-state index in [2.05, 4.69) is 13.0 Å². The molecule has 0 saturated carbocycles. The zero-order chi connectivity index (χ0) is 13.8. The second-order valence-electron chi connectivity index (χ2n) is 4.87. The molecule has 0 saturated heterocycles. The lowest BCUT2D eigenvalue weighted by Crippen LogP contribution is -2.13. The van der Waals surface area contributed by atoms with Crippen LogP contribution < -0.4 is 0 Å². The number of sulfone groups is 1. The van der Waals surface area contributed by atoms with E-state index in [0.29, 0.717) is 10.8 Å². The van der Waals surface area contributed by atoms with Crippen LogP contribution in [0.3, 0.4) is 0 Å². The number of hydrogen-bond acceptors (Lipinski definition) is 2. The molecule has 18 heavy (non-hydrogen) atoms. The summed E-state index contributed by atoms with van der Waals surface area (Å²) in [6, 6.07) is 7.28. The van der Waals surface area contributed by atoms with E-state index in [-0.39, 0.29) is 5.25 Å². The third-order valence-electron chi connectivity index (χ3n) is 3.12. The van der Waals surface area contributed by atoms with Gasteiger partial charge in [-0.3, -0.25) is 0 Å². The predicted molar refractivity (Wildman–Crippen MR) is 76.6 cm³/mol. The number of benzene rings is 1. The molecule has 0 aliphatic carbocycles. The van der Waals surface area contributed by atoms with Crippen LogP contribution in [0.1, 0.15) is 45.6 Å². The highest BCUT2D eigenvalue weighted by atomic mass is 32.2. The van der Waals surface area contributed by atoms with Gasteiger partial charge in [-0.1, -0.05) is 31.2 Å². The lowest BCUT2D eigenvalue weighted by atomic mass is 9.98. The molecule has 1 aromatic carbocycles. The fraction of sp³-hybridized carbons (Fsp3) is 0.467. The van der Waals surface area contributed by atoms with E-state index in [1.807, 2.05) is 25.1 Å². The molecule has 1 atom stereocenters. The Hall–Kier alpha value is -1.09. The highest BCUT2D eigenvalue weighted by Gasteiger charge is 2.18. The van der Waals surface area contributed by atoms with Crippen molar-refractivity contribution in [3.8, 4) is 0 Å². The van der Waals surface area contributed by atoms with Crippen molar-refractivity contribution in [3.63, 3.8) is 0 Å². The van der Waals surface area contributed by atoms with Crippen LogP contribution in [0, 0.1) is 0 Å². The van der Waals surface area contributed by atoms with Gasteiger partial charge in [-0.25, -0.2) is 8.42 Å². The maximum atomic E-state index is 12.0. The van der Waals surface area contributed by atoms with Gasteiger partial charge in [-0.2, -0.15) is 0 Å². The Morgan fingerprint density at radius 1 is 1.11 bits per heavy atom. The monoisotopic (exact) mass is 266 g/mol. The van der Waals surface area contributed by atoms with Crippen LogP contribution in [0.15, 0.2) is 41.3 Å². The largest absolute Gasteiger partial charge is 0.223 e. The standard InChI is InChI=1S/C15H22O2S/c1-5-6-7-13(4)14-8-10-15(11-9-14)18(16,17)12(2)3/h5-6,8-13H,7H2,1-4H3/b6-5-. The third kappa shape index (κ3) is 3.45. The zero-order valence-electron chi connectivity index (χ0n) is 11.6. The molecule has 0 aliphatic rings. The van der Waals surface area contributed by atoms with Gasteiger partial charge in [0.2, 0.25) is 0 Å². The molecule has 0 aliphatic heterocycles. The van der Waals surface area contributed by atoms with E-state index in [1.165, 1.54) is 5.56 Å². The maximum absolute atomic E-state index is 12.0. The smallest absolute Gasteiger partial charge is 0.180 e. The topological polar surface area (TPSA) is 34.1 Å². The van der Waals surface area contributed by atoms with E-state index in [1.54, 1.807) is 26.0 Å². The first-order chi connectivity index (χ1) is 8.39. The molecule has 0 aromatic heterocycles. The van der Waals surface area contributed by atoms with Crippen molar-refractivity contribution in [3.05, 3.63) is 42.0 Å². The quantitative estimate of drug-likeness (QED) is 0.756. The van der Waals surface area contributed by atoms with Crippen molar-refractivity contribution in [2.24, 2.45) is 0 Å². The Bertz CT molecular complexity index is 496. The Kier molecular flexibility index (Phi) is 5.15. The molecule has 0 fully saturated rings. The van der Waals surface area contributed by atoms with Gasteiger partial charge < -0.3 is 0 Å². The Balaban J connectivity index is 2.93. The van der Waals surface area contributed by atoms with Crippen LogP contribution in [0.5, 0.6) is 0 Å². The van der Waals surface area contributed by atoms with Gasteiger partial charge in [0.05, 0.1) is 10.1 Å². The van der Waals surface area contributed by atoms with Crippen LogP contribution in [0.25, 0.3) is 0 Å². The second kappa shape index (κ2) is 6.19. The van der Waals surface area contributed by atoms with Crippen molar-refractivity contribution in [2.75, 3.05) is 0 Å². The van der Waals surface area contributed by atoms with Gasteiger partial charge in [0.15, 0.2) is 9.84 Å². The fourth-order valence-corrected chi connectivity index (χ4v) is 2.79. The lowest BCUT2D eigenvalue weighted by Gasteiger charge is -2.12. The summed E-state index contributed by atoms with van der Waals surface area (Å²) < 4.78 is 23.9. The Morgan fingerprint density at radius 2 is 1.67 bits per heavy atom. The minimum Gasteiger partial charge on any atom is -0.223 e. The average Bonchev–Trinajstić information content (AvgIpc) is 2.35. The Morgan fingerprint density at radius 3 is 2.11 bits per heavy atom. The number of rotatable bonds is 5. The van der Waals surface area contributed by atoms with Crippen molar-refractivity contribution in [1.82, 2.24) is 0 Å². The summed E-state index contributed by atoms with van der Waals surface area (Å²) in [7, 11) is -3.15. The minimum atomic E-state index is -3.15. The van der Waals surface area contributed by atoms with Crippen LogP contribution >= 0.6 is 0 Å². The van der Waals surface area contributed by atoms with Gasteiger partial charge in [0.25, 0.3) is 0 Å². The highest BCUT2D eigenvalue weighted by Crippen LogP contribution is 2.23. The molecule has 1 rings (SSSR count). The third-order valence-corrected chi connectivity index (χ3v) is 5.29. The second-order valence-corrected chi connectivity index (χ2v) is 7.37. The molecule has 0 amide bonds. The van der Waals surface area contributed by atoms with Gasteiger partial charge in [-0.05, 0) is 50.8 Å². The molecular formula is C15H22O2S. The molecule has 100 valence electrons. The number of allylic oxidation sites excluding steroid dienone is 2. The van der Waals surface area contributed by atoms with Gasteiger partial charge in [0.1, 0.15) is 0 Å². The molecule has 1 aromatic rings. The molecule has 0 radical (unpaired) electrons. The molecule has 0 N–H and O–H groups in total. The average molecular weight is 266 g/mol. The van der Waals surface area contributed by atoms with Crippen molar-refractivity contribution in [2.45, 2.75) is 50.2 Å². The SMILES string of the molecule is C/C=C\CC(C)c1ccc(S(=O)(=O)C(C)C)cc1. The van der Waals surface area contributed by atoms with E-state index in [4.69, 9.17) is 0 Å². The highest BCUT2D eigenvalue weighted by molar-refractivity contribution is 7.92. The van der Waals surface area contributed by atoms with Gasteiger partial charge in [0, 0.05) is 0 Å². The first-order valence-electron chi connectivity index (χ1n) is 6.34. The maximum Gasteiger partial charge on any atom is 0.180 e.